The van der Waals surface area contributed by atoms with Crippen molar-refractivity contribution in [3.8, 4) is 12.3 Å². The molecule has 2 heteroatoms. The maximum Gasteiger partial charge on any atom is 0.160 e. The lowest BCUT2D eigenvalue weighted by molar-refractivity contribution is 0.112. The van der Waals surface area contributed by atoms with Gasteiger partial charge < -0.3 is 0 Å². The molecule has 1 heterocycles. The Kier molecular flexibility index (Phi) is 2.24. The van der Waals surface area contributed by atoms with Gasteiger partial charge in [0, 0.05) is 11.3 Å². The van der Waals surface area contributed by atoms with E-state index in [0.717, 1.165) is 16.0 Å². The Labute approximate surface area is 63.7 Å². The summed E-state index contributed by atoms with van der Waals surface area (Å²) in [6.45, 7) is 0. The summed E-state index contributed by atoms with van der Waals surface area (Å²) in [7, 11) is 0. The number of aldehydes is 1. The Balaban J connectivity index is 2.80. The second-order valence-corrected chi connectivity index (χ2v) is 3.00. The molecule has 0 amide bonds. The molecule has 0 aromatic carbocycles. The lowest BCUT2D eigenvalue weighted by atomic mass is 10.3. The summed E-state index contributed by atoms with van der Waals surface area (Å²) in [5.41, 5.74) is 0. The number of rotatable bonds is 2. The molecule has 10 heavy (non-hydrogen) atoms. The fourth-order valence-electron chi connectivity index (χ4n) is 0.653. The second-order valence-electron chi connectivity index (χ2n) is 1.80. The van der Waals surface area contributed by atoms with Crippen molar-refractivity contribution >= 4 is 17.6 Å². The van der Waals surface area contributed by atoms with Gasteiger partial charge in [0.2, 0.25) is 0 Å². The Hall–Kier alpha value is -1.07. The van der Waals surface area contributed by atoms with Crippen molar-refractivity contribution in [2.45, 2.75) is 6.42 Å². The largest absolute Gasteiger partial charge is 0.297 e. The van der Waals surface area contributed by atoms with Gasteiger partial charge in [-0.3, -0.25) is 4.79 Å². The predicted octanol–water partition coefficient (Wildman–Crippen LogP) is 1.74. The number of carbonyl (C=O) groups is 1. The molecular formula is C8H6OS. The number of terminal acetylenes is 1. The first kappa shape index (κ1) is 7.04. The van der Waals surface area contributed by atoms with E-state index in [1.54, 1.807) is 6.07 Å². The van der Waals surface area contributed by atoms with Gasteiger partial charge in [0.05, 0.1) is 4.88 Å². The zero-order chi connectivity index (χ0) is 7.40. The van der Waals surface area contributed by atoms with E-state index in [4.69, 9.17) is 6.42 Å². The summed E-state index contributed by atoms with van der Waals surface area (Å²) in [6, 6.07) is 3.67. The predicted molar refractivity (Wildman–Crippen MR) is 42.2 cm³/mol. The van der Waals surface area contributed by atoms with Crippen LogP contribution in [0.4, 0.5) is 0 Å². The Bertz CT molecular complexity index is 267. The van der Waals surface area contributed by atoms with Gasteiger partial charge in [-0.2, -0.15) is 0 Å². The average Bonchev–Trinajstić information content (AvgIpc) is 2.37. The molecule has 0 unspecified atom stereocenters. The first-order chi connectivity index (χ1) is 4.86. The maximum atomic E-state index is 10.2. The second kappa shape index (κ2) is 3.19. The Morgan fingerprint density at radius 3 is 3.00 bits per heavy atom. The van der Waals surface area contributed by atoms with E-state index >= 15 is 0 Å². The van der Waals surface area contributed by atoms with Crippen molar-refractivity contribution in [2.75, 3.05) is 0 Å². The van der Waals surface area contributed by atoms with Crippen LogP contribution in [0.25, 0.3) is 0 Å². The fourth-order valence-corrected chi connectivity index (χ4v) is 1.43. The van der Waals surface area contributed by atoms with E-state index in [1.807, 2.05) is 6.07 Å². The molecule has 0 aliphatic carbocycles. The summed E-state index contributed by atoms with van der Waals surface area (Å²) < 4.78 is 0. The first-order valence-electron chi connectivity index (χ1n) is 2.84. The molecule has 1 aromatic heterocycles. The third-order valence-corrected chi connectivity index (χ3v) is 2.09. The number of hydrogen-bond donors (Lipinski definition) is 0. The number of thiophene rings is 1. The SMILES string of the molecule is C#CCc1ccc(C=O)s1. The fraction of sp³-hybridized carbons (Fsp3) is 0.125. The van der Waals surface area contributed by atoms with Crippen LogP contribution < -0.4 is 0 Å². The van der Waals surface area contributed by atoms with Crippen LogP contribution in [0.15, 0.2) is 12.1 Å². The molecule has 0 spiro atoms. The summed E-state index contributed by atoms with van der Waals surface area (Å²) in [4.78, 5) is 12.0. The van der Waals surface area contributed by atoms with E-state index in [9.17, 15) is 4.79 Å². The van der Waals surface area contributed by atoms with Gasteiger partial charge in [-0.15, -0.1) is 23.7 Å². The standard InChI is InChI=1S/C8H6OS/c1-2-3-7-4-5-8(6-9)10-7/h1,4-6H,3H2. The van der Waals surface area contributed by atoms with Gasteiger partial charge in [0.1, 0.15) is 0 Å². The van der Waals surface area contributed by atoms with Gasteiger partial charge in [0.25, 0.3) is 0 Å². The summed E-state index contributed by atoms with van der Waals surface area (Å²) in [6.07, 6.45) is 6.54. The van der Waals surface area contributed by atoms with Crippen LogP contribution in [0.2, 0.25) is 0 Å². The van der Waals surface area contributed by atoms with Crippen molar-refractivity contribution in [2.24, 2.45) is 0 Å². The summed E-state index contributed by atoms with van der Waals surface area (Å²) in [5, 5.41) is 0. The smallest absolute Gasteiger partial charge is 0.160 e. The van der Waals surface area contributed by atoms with Gasteiger partial charge in [-0.05, 0) is 12.1 Å². The van der Waals surface area contributed by atoms with Crippen molar-refractivity contribution in [1.29, 1.82) is 0 Å². The molecule has 0 radical (unpaired) electrons. The minimum atomic E-state index is 0.624. The highest BCUT2D eigenvalue weighted by molar-refractivity contribution is 7.13. The number of hydrogen-bond acceptors (Lipinski definition) is 2. The van der Waals surface area contributed by atoms with Gasteiger partial charge >= 0.3 is 0 Å². The minimum absolute atomic E-state index is 0.624. The Morgan fingerprint density at radius 1 is 1.70 bits per heavy atom. The quantitative estimate of drug-likeness (QED) is 0.463. The van der Waals surface area contributed by atoms with Crippen molar-refractivity contribution in [3.63, 3.8) is 0 Å². The van der Waals surface area contributed by atoms with Crippen LogP contribution in [-0.2, 0) is 6.42 Å². The minimum Gasteiger partial charge on any atom is -0.297 e. The first-order valence-corrected chi connectivity index (χ1v) is 3.66. The monoisotopic (exact) mass is 150 g/mol. The average molecular weight is 150 g/mol. The van der Waals surface area contributed by atoms with Crippen LogP contribution in [0.3, 0.4) is 0 Å². The highest BCUT2D eigenvalue weighted by atomic mass is 32.1. The molecule has 0 saturated heterocycles. The van der Waals surface area contributed by atoms with Crippen molar-refractivity contribution < 1.29 is 4.79 Å². The third-order valence-electron chi connectivity index (χ3n) is 1.07. The topological polar surface area (TPSA) is 17.1 Å². The molecule has 0 bridgehead atoms. The third kappa shape index (κ3) is 1.46. The van der Waals surface area contributed by atoms with Crippen molar-refractivity contribution in [1.82, 2.24) is 0 Å². The highest BCUT2D eigenvalue weighted by Crippen LogP contribution is 2.14. The zero-order valence-electron chi connectivity index (χ0n) is 5.33. The normalized spacial score (nSPS) is 8.70. The zero-order valence-corrected chi connectivity index (χ0v) is 6.15. The summed E-state index contributed by atoms with van der Waals surface area (Å²) in [5.74, 6) is 2.52. The molecule has 0 aliphatic heterocycles. The van der Waals surface area contributed by atoms with Gasteiger partial charge in [-0.25, -0.2) is 0 Å². The van der Waals surface area contributed by atoms with E-state index < -0.39 is 0 Å². The van der Waals surface area contributed by atoms with E-state index in [2.05, 4.69) is 5.92 Å². The highest BCUT2D eigenvalue weighted by Gasteiger charge is 1.95. The molecule has 50 valence electrons. The lowest BCUT2D eigenvalue weighted by Gasteiger charge is -1.80. The molecular weight excluding hydrogens is 144 g/mol. The van der Waals surface area contributed by atoms with Crippen LogP contribution >= 0.6 is 11.3 Å². The van der Waals surface area contributed by atoms with Gasteiger partial charge in [0.15, 0.2) is 6.29 Å². The molecule has 0 aliphatic rings. The number of carbonyl (C=O) groups excluding carboxylic acids is 1. The van der Waals surface area contributed by atoms with Crippen LogP contribution in [0.5, 0.6) is 0 Å². The molecule has 0 saturated carbocycles. The van der Waals surface area contributed by atoms with Crippen LogP contribution in [-0.4, -0.2) is 6.29 Å². The molecule has 1 aromatic rings. The van der Waals surface area contributed by atoms with E-state index in [1.165, 1.54) is 11.3 Å². The van der Waals surface area contributed by atoms with Crippen LogP contribution in [0, 0.1) is 12.3 Å². The van der Waals surface area contributed by atoms with E-state index in [0.29, 0.717) is 6.42 Å². The molecule has 0 fully saturated rings. The van der Waals surface area contributed by atoms with Crippen molar-refractivity contribution in [3.05, 3.63) is 21.9 Å². The lowest BCUT2D eigenvalue weighted by Crippen LogP contribution is -1.68. The van der Waals surface area contributed by atoms with Crippen LogP contribution in [0.1, 0.15) is 14.5 Å². The molecule has 0 N–H and O–H groups in total. The Morgan fingerprint density at radius 2 is 2.50 bits per heavy atom. The molecule has 1 nitrogen and oxygen atoms in total. The van der Waals surface area contributed by atoms with Gasteiger partial charge in [-0.1, -0.05) is 0 Å². The summed E-state index contributed by atoms with van der Waals surface area (Å²) >= 11 is 1.45. The maximum absolute atomic E-state index is 10.2. The molecule has 1 rings (SSSR count). The molecule has 0 atom stereocenters. The van der Waals surface area contributed by atoms with E-state index in [-0.39, 0.29) is 0 Å².